The number of aromatic amines is 4. The van der Waals surface area contributed by atoms with E-state index in [0.29, 0.717) is 36.5 Å². The van der Waals surface area contributed by atoms with Crippen LogP contribution in [0.15, 0.2) is 109 Å². The highest BCUT2D eigenvalue weighted by Crippen LogP contribution is 2.58. The number of hydrogen-bond acceptors (Lipinski definition) is 18. The van der Waals surface area contributed by atoms with Gasteiger partial charge in [-0.15, -0.1) is 0 Å². The number of H-pyrrole nitrogens is 4. The highest BCUT2D eigenvalue weighted by atomic mass is 16.5. The summed E-state index contributed by atoms with van der Waals surface area (Å²) < 4.78 is 21.7. The lowest BCUT2D eigenvalue weighted by Crippen LogP contribution is -2.31. The van der Waals surface area contributed by atoms with Crippen molar-refractivity contribution in [2.75, 3.05) is 11.9 Å². The van der Waals surface area contributed by atoms with Gasteiger partial charge in [-0.05, 0) is 266 Å². The zero-order chi connectivity index (χ0) is 80.5. The Morgan fingerprint density at radius 2 is 0.769 bits per heavy atom. The second-order valence-corrected chi connectivity index (χ2v) is 33.7. The van der Waals surface area contributed by atoms with Crippen molar-refractivity contribution < 1.29 is 27.7 Å². The van der Waals surface area contributed by atoms with E-state index in [-0.39, 0.29) is 17.1 Å². The molecule has 1 aliphatic heterocycles. The van der Waals surface area contributed by atoms with Gasteiger partial charge in [-0.2, -0.15) is 0 Å². The van der Waals surface area contributed by atoms with E-state index in [1.807, 2.05) is 115 Å². The maximum absolute atomic E-state index is 12.8. The molecule has 7 aliphatic rings. The summed E-state index contributed by atoms with van der Waals surface area (Å²) in [5.41, 5.74) is 35.9. The summed E-state index contributed by atoms with van der Waals surface area (Å²) in [6.45, 7) is 25.6. The number of rotatable bonds is 12. The Bertz CT molecular complexity index is 6700. The van der Waals surface area contributed by atoms with E-state index in [4.69, 9.17) is 38.0 Å². The minimum absolute atomic E-state index is 0.143. The van der Waals surface area contributed by atoms with Crippen LogP contribution in [-0.2, 0) is 16.6 Å². The number of anilines is 1. The molecule has 0 bridgehead atoms. The number of hydrogen-bond donors (Lipinski definition) is 4. The van der Waals surface area contributed by atoms with Crippen molar-refractivity contribution in [1.29, 1.82) is 0 Å². The van der Waals surface area contributed by atoms with Crippen LogP contribution in [0.1, 0.15) is 220 Å². The van der Waals surface area contributed by atoms with Crippen LogP contribution >= 0.6 is 0 Å². The highest BCUT2D eigenvalue weighted by molar-refractivity contribution is 6.06. The molecule has 0 atom stereocenters. The maximum Gasteiger partial charge on any atom is 0.227 e. The van der Waals surface area contributed by atoms with E-state index in [1.54, 1.807) is 4.90 Å². The van der Waals surface area contributed by atoms with Crippen molar-refractivity contribution in [3.63, 3.8) is 0 Å². The number of benzene rings is 6. The largest absolute Gasteiger partial charge is 0.361 e. The molecule has 16 aromatic rings. The quantitative estimate of drug-likeness (QED) is 0.0883. The zero-order valence-electron chi connectivity index (χ0n) is 68.4. The molecular formula is C94H91N17O6. The van der Waals surface area contributed by atoms with Crippen molar-refractivity contribution >= 4 is 61.5 Å². The molecule has 6 aromatic carbocycles. The van der Waals surface area contributed by atoms with Crippen LogP contribution in [-0.4, -0.2) is 99.2 Å². The topological polar surface area (TPSA) is 308 Å². The van der Waals surface area contributed by atoms with Crippen molar-refractivity contribution in [3.05, 3.63) is 206 Å². The fourth-order valence-corrected chi connectivity index (χ4v) is 18.3. The summed E-state index contributed by atoms with van der Waals surface area (Å²) in [4.78, 5) is 79.2. The molecule has 4 N–H and O–H groups in total. The number of imidazole rings is 4. The van der Waals surface area contributed by atoms with Crippen molar-refractivity contribution in [2.45, 2.75) is 203 Å². The smallest absolute Gasteiger partial charge is 0.227 e. The third kappa shape index (κ3) is 13.1. The Labute approximate surface area is 675 Å². The van der Waals surface area contributed by atoms with Gasteiger partial charge in [0.25, 0.3) is 0 Å². The maximum atomic E-state index is 12.8. The monoisotopic (exact) mass is 1550 g/mol. The summed E-state index contributed by atoms with van der Waals surface area (Å²) >= 11 is 0. The van der Waals surface area contributed by atoms with Crippen LogP contribution in [0.5, 0.6) is 0 Å². The van der Waals surface area contributed by atoms with Gasteiger partial charge in [0.1, 0.15) is 58.0 Å². The molecular weight excluding hydrogens is 1460 g/mol. The number of nitrogens with zero attached hydrogens (tertiary/aromatic N) is 13. The van der Waals surface area contributed by atoms with Crippen molar-refractivity contribution in [1.82, 2.24) is 80.4 Å². The first kappa shape index (κ1) is 73.2. The van der Waals surface area contributed by atoms with Crippen LogP contribution in [0.2, 0.25) is 0 Å². The molecule has 1 spiro atoms. The van der Waals surface area contributed by atoms with Gasteiger partial charge in [0.05, 0.1) is 66.9 Å². The first-order chi connectivity index (χ1) is 56.5. The van der Waals surface area contributed by atoms with Crippen LogP contribution in [0.3, 0.4) is 0 Å². The third-order valence-corrected chi connectivity index (χ3v) is 24.9. The predicted molar refractivity (Wildman–Crippen MR) is 450 cm³/mol. The van der Waals surface area contributed by atoms with Gasteiger partial charge in [0.15, 0.2) is 5.78 Å². The molecule has 5 fully saturated rings. The number of fused-ring (bicyclic) bond motifs is 7. The molecule has 10 aromatic heterocycles. The number of amides is 1. The number of carbonyl (C=O) groups excluding carboxylic acids is 2. The standard InChI is InChI=1S/C26H23N3O2.C25H24N4O2.C22H23N5O.C21H21N5O/c1-13-23(14(2)31-29-13)17-10-18(24-21(11-17)27-25(28-24)15-3-4-15)16-5-6-20-19(9-16)22(30)12-26(20)7-8-26;1-13-23(14(2)31-28-13)16-11-19(24-20(12-16)26-25(27-24)15-7-8-15)17-5-4-6-21-18(17)9-10-22(30)29(21)3;1-10-19(11(2)24-14(5)23-10)17-8-16(20-12(3)27-28-13(20)4)9-18-21(17)26-22(25-18)15-6-7-15;1-10-17(9-22-13(4)23-10)16-7-15(19-11(2)26-27-12(19)3)8-18-20(16)25-21(24-18)14-5-6-14/h5-6,9-11,15H,3-4,7-8,12H2,1-2H3,(H,27,28);4-6,11-12,15H,7-10H2,1-3H3,(H,26,27);8-9,15H,6-7H2,1-5H3,(H,25,26);7-9,14H,5-6H2,1-4H3,(H,24,25). The molecule has 0 radical (unpaired) electrons. The summed E-state index contributed by atoms with van der Waals surface area (Å²) in [6, 6.07) is 30.0. The van der Waals surface area contributed by atoms with Crippen LogP contribution < -0.4 is 4.90 Å². The number of Topliss-reactive ketones (excluding diaryl/α,β-unsaturated/α-hetero) is 1. The third-order valence-electron chi connectivity index (χ3n) is 24.9. The molecule has 0 unspecified atom stereocenters. The fourth-order valence-electron chi connectivity index (χ4n) is 18.3. The fraction of sp³-hybridized carbons (Fsp3) is 0.340. The molecule has 23 heteroatoms. The zero-order valence-corrected chi connectivity index (χ0v) is 68.4. The minimum Gasteiger partial charge on any atom is -0.361 e. The summed E-state index contributed by atoms with van der Waals surface area (Å²) in [5, 5.41) is 16.6. The molecule has 117 heavy (non-hydrogen) atoms. The average Bonchev–Trinajstić information content (AvgIpc) is 1.55. The minimum atomic E-state index is 0.143. The van der Waals surface area contributed by atoms with E-state index in [2.05, 4.69) is 133 Å². The van der Waals surface area contributed by atoms with Gasteiger partial charge in [-0.25, -0.2) is 39.9 Å². The summed E-state index contributed by atoms with van der Waals surface area (Å²) in [6.07, 6.45) is 15.7. The number of carbonyl (C=O) groups is 2. The predicted octanol–water partition coefficient (Wildman–Crippen LogP) is 21.2. The Balaban J connectivity index is 0.000000101. The van der Waals surface area contributed by atoms with E-state index in [0.717, 1.165) is 262 Å². The van der Waals surface area contributed by atoms with Crippen LogP contribution in [0, 0.1) is 90.0 Å². The molecule has 0 saturated heterocycles. The lowest BCUT2D eigenvalue weighted by Gasteiger charge is -2.27. The van der Waals surface area contributed by atoms with E-state index in [1.165, 1.54) is 62.5 Å². The van der Waals surface area contributed by atoms with Gasteiger partial charge < -0.3 is 42.9 Å². The lowest BCUT2D eigenvalue weighted by molar-refractivity contribution is -0.118. The van der Waals surface area contributed by atoms with Crippen molar-refractivity contribution in [3.8, 4) is 89.0 Å². The molecule has 6 aliphatic carbocycles. The Morgan fingerprint density at radius 3 is 1.18 bits per heavy atom. The number of aromatic nitrogens is 16. The molecule has 11 heterocycles. The molecule has 1 amide bonds. The van der Waals surface area contributed by atoms with E-state index in [9.17, 15) is 9.59 Å². The average molecular weight is 1550 g/mol. The van der Waals surface area contributed by atoms with Crippen LogP contribution in [0.25, 0.3) is 133 Å². The second kappa shape index (κ2) is 27.8. The van der Waals surface area contributed by atoms with Gasteiger partial charge >= 0.3 is 0 Å². The normalized spacial score (nSPS) is 16.0. The Morgan fingerprint density at radius 1 is 0.376 bits per heavy atom. The SMILES string of the molecule is Cc1nc(C)c(-c2cc(-c3c(C)noc3C)cc3[nH]c(C4CC4)nc23)c(C)n1.Cc1ncc(-c2cc(-c3c(C)noc3C)cc3[nH]c(C4CC4)nc23)c(C)n1.Cc1noc(C)c1-c1cc(-c2ccc3c(c2)C(=O)CC32CC2)c2nc(C3CC3)[nH]c2c1.Cc1noc(C)c1-c1cc(-c2cccc3c2CCC(=O)N3C)c2nc(C3CC3)[nH]c2c1. The number of ketones is 1. The van der Waals surface area contributed by atoms with E-state index >= 15 is 0 Å². The van der Waals surface area contributed by atoms with Gasteiger partial charge in [0.2, 0.25) is 5.91 Å². The Kier molecular flexibility index (Phi) is 17.4. The number of aryl methyl sites for hydroxylation is 13. The molecule has 23 nitrogen and oxygen atoms in total. The summed E-state index contributed by atoms with van der Waals surface area (Å²) in [7, 11) is 1.86. The van der Waals surface area contributed by atoms with Gasteiger partial charge in [0, 0.05) is 139 Å². The first-order valence-electron chi connectivity index (χ1n) is 41.0. The van der Waals surface area contributed by atoms with Crippen LogP contribution in [0.4, 0.5) is 5.69 Å². The highest BCUT2D eigenvalue weighted by Gasteiger charge is 2.52. The van der Waals surface area contributed by atoms with Crippen molar-refractivity contribution in [2.24, 2.45) is 0 Å². The van der Waals surface area contributed by atoms with E-state index < -0.39 is 0 Å². The Hall–Kier alpha value is -12.7. The molecule has 588 valence electrons. The summed E-state index contributed by atoms with van der Waals surface area (Å²) in [5.74, 6) is 11.8. The van der Waals surface area contributed by atoms with Gasteiger partial charge in [-0.1, -0.05) is 44.9 Å². The molecule has 23 rings (SSSR count). The van der Waals surface area contributed by atoms with Gasteiger partial charge in [-0.3, -0.25) is 9.59 Å². The number of nitrogens with one attached hydrogen (secondary N) is 4. The second-order valence-electron chi connectivity index (χ2n) is 33.7. The lowest BCUT2D eigenvalue weighted by atomic mass is 9.89. The first-order valence-corrected chi connectivity index (χ1v) is 41.0. The molecule has 5 saturated carbocycles.